The molecule has 0 aliphatic heterocycles. The summed E-state index contributed by atoms with van der Waals surface area (Å²) in [6.07, 6.45) is 3.93. The number of hydrogen-bond acceptors (Lipinski definition) is 4. The molecule has 0 radical (unpaired) electrons. The van der Waals surface area contributed by atoms with Crippen LogP contribution in [0.1, 0.15) is 58.4 Å². The summed E-state index contributed by atoms with van der Waals surface area (Å²) < 4.78 is 23.9. The van der Waals surface area contributed by atoms with Gasteiger partial charge < -0.3 is 14.3 Å². The lowest BCUT2D eigenvalue weighted by Crippen LogP contribution is -2.04. The highest BCUT2D eigenvalue weighted by Crippen LogP contribution is 2.37. The first kappa shape index (κ1) is 23.6. The van der Waals surface area contributed by atoms with Gasteiger partial charge in [-0.3, -0.25) is 0 Å². The monoisotopic (exact) mass is 419 g/mol. The molecule has 27 heavy (non-hydrogen) atoms. The van der Waals surface area contributed by atoms with Gasteiger partial charge in [-0.05, 0) is 45.1 Å². The molecule has 1 aromatic rings. The second-order valence-electron chi connectivity index (χ2n) is 6.56. The molecule has 0 spiro atoms. The van der Waals surface area contributed by atoms with Crippen molar-refractivity contribution in [3.63, 3.8) is 0 Å². The van der Waals surface area contributed by atoms with Gasteiger partial charge in [0.15, 0.2) is 5.29 Å². The maximum absolute atomic E-state index is 12.5. The molecule has 1 aromatic carbocycles. The summed E-state index contributed by atoms with van der Waals surface area (Å²) in [5, 5.41) is 3.57. The Bertz CT molecular complexity index is 640. The molecule has 1 rings (SSSR count). The molecular formula is C20H28Cl2FNO3. The van der Waals surface area contributed by atoms with Crippen LogP contribution in [0.2, 0.25) is 5.02 Å². The molecule has 0 unspecified atom stereocenters. The second-order valence-corrected chi connectivity index (χ2v) is 7.33. The molecule has 0 N–H and O–H groups in total. The molecule has 0 aliphatic rings. The van der Waals surface area contributed by atoms with Gasteiger partial charge in [-0.15, -0.1) is 0 Å². The van der Waals surface area contributed by atoms with E-state index in [0.717, 1.165) is 36.6 Å². The minimum Gasteiger partial charge on any atom is -0.492 e. The first-order valence-corrected chi connectivity index (χ1v) is 9.80. The van der Waals surface area contributed by atoms with Crippen LogP contribution in [0.3, 0.4) is 0 Å². The highest BCUT2D eigenvalue weighted by atomic mass is 35.5. The average molecular weight is 420 g/mol. The van der Waals surface area contributed by atoms with Crippen molar-refractivity contribution in [3.8, 4) is 11.5 Å². The standard InChI is InChI=1S/C20H28Cl2FNO3/c1-14(2)17-12-16(25-11-8-19(22)23)13-18(21)20(17)26-9-6-5-7-10-27-24-15(3)4/h8,12-14H,5-7,9-11H2,1-4H3/b19-8-. The highest BCUT2D eigenvalue weighted by Gasteiger charge is 2.15. The molecule has 0 fully saturated rings. The van der Waals surface area contributed by atoms with E-state index in [1.807, 2.05) is 33.8 Å². The molecule has 0 atom stereocenters. The zero-order valence-corrected chi connectivity index (χ0v) is 17.9. The fourth-order valence-electron chi connectivity index (χ4n) is 2.25. The molecule has 0 heterocycles. The Balaban J connectivity index is 2.56. The average Bonchev–Trinajstić information content (AvgIpc) is 2.57. The van der Waals surface area contributed by atoms with Gasteiger partial charge in [0, 0.05) is 17.7 Å². The lowest BCUT2D eigenvalue weighted by Gasteiger charge is -2.17. The molecule has 152 valence electrons. The van der Waals surface area contributed by atoms with Crippen LogP contribution < -0.4 is 9.47 Å². The Morgan fingerprint density at radius 3 is 2.48 bits per heavy atom. The summed E-state index contributed by atoms with van der Waals surface area (Å²) in [7, 11) is 0. The zero-order chi connectivity index (χ0) is 20.2. The van der Waals surface area contributed by atoms with E-state index in [0.29, 0.717) is 29.7 Å². The van der Waals surface area contributed by atoms with E-state index in [-0.39, 0.29) is 12.5 Å². The van der Waals surface area contributed by atoms with Gasteiger partial charge in [0.25, 0.3) is 0 Å². The Morgan fingerprint density at radius 2 is 1.85 bits per heavy atom. The molecule has 0 aromatic heterocycles. The van der Waals surface area contributed by atoms with E-state index >= 15 is 0 Å². The largest absolute Gasteiger partial charge is 0.492 e. The number of oxime groups is 1. The van der Waals surface area contributed by atoms with Crippen LogP contribution in [0.25, 0.3) is 0 Å². The number of ether oxygens (including phenoxy) is 2. The van der Waals surface area contributed by atoms with Crippen molar-refractivity contribution in [1.82, 2.24) is 0 Å². The first-order chi connectivity index (χ1) is 12.8. The molecule has 0 saturated carbocycles. The Kier molecular flexibility index (Phi) is 11.2. The van der Waals surface area contributed by atoms with Crippen LogP contribution in [0.4, 0.5) is 4.39 Å². The maximum Gasteiger partial charge on any atom is 0.188 e. The number of halogens is 3. The van der Waals surface area contributed by atoms with Crippen LogP contribution in [0, 0.1) is 0 Å². The van der Waals surface area contributed by atoms with Crippen LogP contribution in [0.15, 0.2) is 28.7 Å². The lowest BCUT2D eigenvalue weighted by atomic mass is 10.0. The summed E-state index contributed by atoms with van der Waals surface area (Å²) in [6, 6.07) is 3.53. The lowest BCUT2D eigenvalue weighted by molar-refractivity contribution is 0.138. The van der Waals surface area contributed by atoms with Crippen molar-refractivity contribution in [2.45, 2.75) is 52.9 Å². The smallest absolute Gasteiger partial charge is 0.188 e. The summed E-state index contributed by atoms with van der Waals surface area (Å²) in [6.45, 7) is 9.10. The van der Waals surface area contributed by atoms with E-state index in [1.165, 1.54) is 0 Å². The number of nitrogens with zero attached hydrogens (tertiary/aromatic N) is 1. The van der Waals surface area contributed by atoms with E-state index in [9.17, 15) is 4.39 Å². The summed E-state index contributed by atoms with van der Waals surface area (Å²) >= 11 is 11.5. The zero-order valence-electron chi connectivity index (χ0n) is 16.4. The third-order valence-electron chi connectivity index (χ3n) is 3.53. The fraction of sp³-hybridized carbons (Fsp3) is 0.550. The van der Waals surface area contributed by atoms with Gasteiger partial charge in [-0.2, -0.15) is 4.39 Å². The van der Waals surface area contributed by atoms with Crippen LogP contribution in [-0.2, 0) is 4.84 Å². The molecule has 0 aliphatic carbocycles. The Labute approximate surface area is 171 Å². The normalized spacial score (nSPS) is 11.5. The summed E-state index contributed by atoms with van der Waals surface area (Å²) in [5.74, 6) is 1.42. The van der Waals surface area contributed by atoms with E-state index in [1.54, 1.807) is 6.07 Å². The quantitative estimate of drug-likeness (QED) is 0.211. The minimum absolute atomic E-state index is 0.0348. The van der Waals surface area contributed by atoms with Crippen molar-refractivity contribution in [2.24, 2.45) is 5.16 Å². The van der Waals surface area contributed by atoms with Gasteiger partial charge in [0.05, 0.1) is 17.3 Å². The number of benzene rings is 1. The third kappa shape index (κ3) is 9.87. The molecule has 0 bridgehead atoms. The summed E-state index contributed by atoms with van der Waals surface area (Å²) in [4.78, 5) is 5.17. The fourth-order valence-corrected chi connectivity index (χ4v) is 2.58. The van der Waals surface area contributed by atoms with Gasteiger partial charge in [0.1, 0.15) is 24.7 Å². The van der Waals surface area contributed by atoms with Gasteiger partial charge >= 0.3 is 0 Å². The number of unbranched alkanes of at least 4 members (excludes halogenated alkanes) is 2. The van der Waals surface area contributed by atoms with Crippen LogP contribution in [0.5, 0.6) is 11.5 Å². The van der Waals surface area contributed by atoms with Gasteiger partial charge in [0.2, 0.25) is 0 Å². The first-order valence-electron chi connectivity index (χ1n) is 9.04. The Hall–Kier alpha value is -1.46. The van der Waals surface area contributed by atoms with Crippen molar-refractivity contribution in [1.29, 1.82) is 0 Å². The molecular weight excluding hydrogens is 392 g/mol. The summed E-state index contributed by atoms with van der Waals surface area (Å²) in [5.41, 5.74) is 1.86. The van der Waals surface area contributed by atoms with Crippen molar-refractivity contribution in [3.05, 3.63) is 34.1 Å². The SMILES string of the molecule is CC(C)=NOCCCCCOc1c(Cl)cc(OC/C=C(\F)Cl)cc1C(C)C. The van der Waals surface area contributed by atoms with E-state index in [2.05, 4.69) is 5.16 Å². The predicted octanol–water partition coefficient (Wildman–Crippen LogP) is 6.85. The van der Waals surface area contributed by atoms with Gasteiger partial charge in [-0.1, -0.05) is 42.2 Å². The van der Waals surface area contributed by atoms with Crippen molar-refractivity contribution >= 4 is 28.9 Å². The second kappa shape index (κ2) is 12.8. The van der Waals surface area contributed by atoms with E-state index in [4.69, 9.17) is 37.5 Å². The molecule has 0 amide bonds. The van der Waals surface area contributed by atoms with Crippen molar-refractivity contribution < 1.29 is 18.7 Å². The Morgan fingerprint density at radius 1 is 1.15 bits per heavy atom. The van der Waals surface area contributed by atoms with Crippen LogP contribution in [-0.4, -0.2) is 25.5 Å². The highest BCUT2D eigenvalue weighted by molar-refractivity contribution is 6.32. The molecule has 4 nitrogen and oxygen atoms in total. The minimum atomic E-state index is -0.799. The topological polar surface area (TPSA) is 40.0 Å². The number of rotatable bonds is 12. The van der Waals surface area contributed by atoms with Crippen molar-refractivity contribution in [2.75, 3.05) is 19.8 Å². The predicted molar refractivity (Wildman–Crippen MR) is 110 cm³/mol. The van der Waals surface area contributed by atoms with Gasteiger partial charge in [-0.25, -0.2) is 0 Å². The third-order valence-corrected chi connectivity index (χ3v) is 3.96. The van der Waals surface area contributed by atoms with Crippen LogP contribution >= 0.6 is 23.2 Å². The maximum atomic E-state index is 12.5. The number of hydrogen-bond donors (Lipinski definition) is 0. The van der Waals surface area contributed by atoms with E-state index < -0.39 is 5.29 Å². The molecule has 0 saturated heterocycles. The molecule has 7 heteroatoms.